The lowest BCUT2D eigenvalue weighted by Gasteiger charge is -2.08. The molecule has 0 radical (unpaired) electrons. The van der Waals surface area contributed by atoms with E-state index in [2.05, 4.69) is 25.7 Å². The Morgan fingerprint density at radius 1 is 1.25 bits per heavy atom. The third-order valence-electron chi connectivity index (χ3n) is 2.45. The molecular formula is C16H21FO3. The first-order valence-electron chi connectivity index (χ1n) is 6.67. The van der Waals surface area contributed by atoms with Crippen molar-refractivity contribution >= 4 is 0 Å². The number of hydrogen-bond acceptors (Lipinski definition) is 3. The molecule has 0 saturated carbocycles. The molecule has 0 spiro atoms. The maximum absolute atomic E-state index is 13.7. The molecule has 0 aromatic heterocycles. The molecule has 0 bridgehead atoms. The van der Waals surface area contributed by atoms with Crippen LogP contribution in [0.4, 0.5) is 4.39 Å². The Bertz CT molecular complexity index is 461. The summed E-state index contributed by atoms with van der Waals surface area (Å²) in [4.78, 5) is 0. The number of benzene rings is 1. The highest BCUT2D eigenvalue weighted by molar-refractivity contribution is 5.36. The van der Waals surface area contributed by atoms with Gasteiger partial charge in [-0.25, -0.2) is 4.39 Å². The van der Waals surface area contributed by atoms with Gasteiger partial charge in [0.05, 0.1) is 19.8 Å². The zero-order chi connectivity index (χ0) is 14.8. The van der Waals surface area contributed by atoms with Crippen LogP contribution in [0.2, 0.25) is 0 Å². The summed E-state index contributed by atoms with van der Waals surface area (Å²) in [5.41, 5.74) is 1.03. The van der Waals surface area contributed by atoms with Crippen molar-refractivity contribution in [2.24, 2.45) is 5.92 Å². The highest BCUT2D eigenvalue weighted by Gasteiger charge is 2.03. The molecular weight excluding hydrogens is 259 g/mol. The Balaban J connectivity index is 2.34. The maximum atomic E-state index is 13.7. The fourth-order valence-electron chi connectivity index (χ4n) is 1.50. The van der Waals surface area contributed by atoms with E-state index >= 15 is 0 Å². The number of aliphatic hydroxyl groups is 1. The molecule has 110 valence electrons. The number of rotatable bonds is 7. The molecule has 0 saturated heterocycles. The topological polar surface area (TPSA) is 38.7 Å². The van der Waals surface area contributed by atoms with Gasteiger partial charge in [-0.1, -0.05) is 31.8 Å². The van der Waals surface area contributed by atoms with E-state index in [4.69, 9.17) is 14.6 Å². The van der Waals surface area contributed by atoms with Crippen LogP contribution in [0.1, 0.15) is 25.0 Å². The quantitative estimate of drug-likeness (QED) is 0.615. The zero-order valence-corrected chi connectivity index (χ0v) is 12.0. The van der Waals surface area contributed by atoms with Gasteiger partial charge in [-0.05, 0) is 18.1 Å². The Morgan fingerprint density at radius 2 is 2.00 bits per heavy atom. The first kappa shape index (κ1) is 16.6. The molecule has 0 atom stereocenters. The molecule has 20 heavy (non-hydrogen) atoms. The Morgan fingerprint density at radius 3 is 2.65 bits per heavy atom. The average molecular weight is 280 g/mol. The average Bonchev–Trinajstić information content (AvgIpc) is 2.41. The van der Waals surface area contributed by atoms with E-state index in [0.717, 1.165) is 0 Å². The van der Waals surface area contributed by atoms with Crippen molar-refractivity contribution in [3.05, 3.63) is 35.1 Å². The molecule has 0 fully saturated rings. The van der Waals surface area contributed by atoms with Crippen LogP contribution < -0.4 is 0 Å². The van der Waals surface area contributed by atoms with Crippen LogP contribution in [-0.2, 0) is 16.1 Å². The minimum absolute atomic E-state index is 0.213. The molecule has 0 aliphatic heterocycles. The summed E-state index contributed by atoms with van der Waals surface area (Å²) < 4.78 is 24.4. The van der Waals surface area contributed by atoms with Gasteiger partial charge in [-0.15, -0.1) is 0 Å². The highest BCUT2D eigenvalue weighted by atomic mass is 19.1. The second kappa shape index (κ2) is 9.49. The number of hydrogen-bond donors (Lipinski definition) is 1. The number of aliphatic hydroxyl groups excluding tert-OH is 1. The predicted molar refractivity (Wildman–Crippen MR) is 75.7 cm³/mol. The summed E-state index contributed by atoms with van der Waals surface area (Å²) in [5, 5.41) is 8.57. The van der Waals surface area contributed by atoms with Crippen LogP contribution in [0, 0.1) is 23.6 Å². The predicted octanol–water partition coefficient (Wildman–Crippen LogP) is 2.36. The van der Waals surface area contributed by atoms with E-state index in [0.29, 0.717) is 36.9 Å². The minimum Gasteiger partial charge on any atom is -0.384 e. The van der Waals surface area contributed by atoms with Crippen LogP contribution in [0.15, 0.2) is 18.2 Å². The third kappa shape index (κ3) is 6.67. The van der Waals surface area contributed by atoms with Gasteiger partial charge in [0.2, 0.25) is 0 Å². The van der Waals surface area contributed by atoms with Gasteiger partial charge in [0.1, 0.15) is 12.4 Å². The Kier molecular flexibility index (Phi) is 7.89. The van der Waals surface area contributed by atoms with E-state index in [1.165, 1.54) is 6.07 Å². The van der Waals surface area contributed by atoms with Gasteiger partial charge in [0.25, 0.3) is 0 Å². The molecule has 0 aliphatic carbocycles. The Labute approximate surface area is 119 Å². The minimum atomic E-state index is -0.349. The van der Waals surface area contributed by atoms with E-state index < -0.39 is 0 Å². The van der Waals surface area contributed by atoms with Crippen molar-refractivity contribution in [2.75, 3.05) is 26.4 Å². The fourth-order valence-corrected chi connectivity index (χ4v) is 1.50. The SMILES string of the molecule is CC(C)COCCOCc1ccc(C#CCO)cc1F. The summed E-state index contributed by atoms with van der Waals surface area (Å²) in [7, 11) is 0. The largest absolute Gasteiger partial charge is 0.384 e. The first-order chi connectivity index (χ1) is 9.63. The molecule has 0 aliphatic rings. The highest BCUT2D eigenvalue weighted by Crippen LogP contribution is 2.11. The lowest BCUT2D eigenvalue weighted by molar-refractivity contribution is 0.0307. The standard InChI is InChI=1S/C16H21FO3/c1-13(2)11-19-8-9-20-12-15-6-5-14(4-3-7-18)10-16(15)17/h5-6,10,13,18H,7-9,11-12H2,1-2H3. The molecule has 3 nitrogen and oxygen atoms in total. The molecule has 1 N–H and O–H groups in total. The fraction of sp³-hybridized carbons (Fsp3) is 0.500. The normalized spacial score (nSPS) is 10.4. The van der Waals surface area contributed by atoms with Gasteiger partial charge < -0.3 is 14.6 Å². The van der Waals surface area contributed by atoms with Crippen LogP contribution in [0.3, 0.4) is 0 Å². The summed E-state index contributed by atoms with van der Waals surface area (Å²) in [6.45, 7) is 5.80. The molecule has 0 heterocycles. The third-order valence-corrected chi connectivity index (χ3v) is 2.45. The molecule has 1 aromatic rings. The zero-order valence-electron chi connectivity index (χ0n) is 12.0. The van der Waals surface area contributed by atoms with Crippen LogP contribution in [-0.4, -0.2) is 31.5 Å². The van der Waals surface area contributed by atoms with Gasteiger partial charge in [-0.3, -0.25) is 0 Å². The van der Waals surface area contributed by atoms with Crippen molar-refractivity contribution in [2.45, 2.75) is 20.5 Å². The van der Waals surface area contributed by atoms with E-state index in [9.17, 15) is 4.39 Å². The molecule has 0 amide bonds. The van der Waals surface area contributed by atoms with Crippen molar-refractivity contribution in [1.29, 1.82) is 0 Å². The summed E-state index contributed by atoms with van der Waals surface area (Å²) in [6, 6.07) is 4.70. The van der Waals surface area contributed by atoms with Crippen molar-refractivity contribution < 1.29 is 19.0 Å². The summed E-state index contributed by atoms with van der Waals surface area (Å²) >= 11 is 0. The summed E-state index contributed by atoms with van der Waals surface area (Å²) in [6.07, 6.45) is 0. The van der Waals surface area contributed by atoms with E-state index in [-0.39, 0.29) is 19.0 Å². The van der Waals surface area contributed by atoms with Crippen LogP contribution >= 0.6 is 0 Å². The number of ether oxygens (including phenoxy) is 2. The summed E-state index contributed by atoms with van der Waals surface area (Å²) in [5.74, 6) is 5.28. The van der Waals surface area contributed by atoms with Gasteiger partial charge in [0, 0.05) is 17.7 Å². The number of halogens is 1. The monoisotopic (exact) mass is 280 g/mol. The molecule has 1 aromatic carbocycles. The lowest BCUT2D eigenvalue weighted by Crippen LogP contribution is -2.08. The maximum Gasteiger partial charge on any atom is 0.129 e. The van der Waals surface area contributed by atoms with Gasteiger partial charge >= 0.3 is 0 Å². The lowest BCUT2D eigenvalue weighted by atomic mass is 10.1. The van der Waals surface area contributed by atoms with Crippen LogP contribution in [0.25, 0.3) is 0 Å². The second-order valence-electron chi connectivity index (χ2n) is 4.79. The van der Waals surface area contributed by atoms with E-state index in [1.807, 2.05) is 0 Å². The second-order valence-corrected chi connectivity index (χ2v) is 4.79. The van der Waals surface area contributed by atoms with Gasteiger partial charge in [-0.2, -0.15) is 0 Å². The molecule has 4 heteroatoms. The molecule has 1 rings (SSSR count). The molecule has 0 unspecified atom stereocenters. The van der Waals surface area contributed by atoms with Gasteiger partial charge in [0.15, 0.2) is 0 Å². The Hall–Kier alpha value is -1.41. The van der Waals surface area contributed by atoms with Crippen LogP contribution in [0.5, 0.6) is 0 Å². The van der Waals surface area contributed by atoms with E-state index in [1.54, 1.807) is 12.1 Å². The van der Waals surface area contributed by atoms with Crippen molar-refractivity contribution in [1.82, 2.24) is 0 Å². The van der Waals surface area contributed by atoms with Crippen molar-refractivity contribution in [3.8, 4) is 11.8 Å². The smallest absolute Gasteiger partial charge is 0.129 e. The first-order valence-corrected chi connectivity index (χ1v) is 6.67. The van der Waals surface area contributed by atoms with Crippen molar-refractivity contribution in [3.63, 3.8) is 0 Å².